The number of benzene rings is 1. The van der Waals surface area contributed by atoms with E-state index < -0.39 is 5.82 Å². The Morgan fingerprint density at radius 1 is 1.50 bits per heavy atom. The van der Waals surface area contributed by atoms with Crippen LogP contribution in [0.3, 0.4) is 0 Å². The van der Waals surface area contributed by atoms with E-state index in [4.69, 9.17) is 0 Å². The van der Waals surface area contributed by atoms with Crippen LogP contribution < -0.4 is 5.32 Å². The standard InChI is InChI=1S/C12H12FN3OS/c1-16-5-4-9(15-16)7-14-12(17)8-2-3-10(13)11(18)6-8/h2-6,18H,7H2,1H3,(H,14,17). The summed E-state index contributed by atoms with van der Waals surface area (Å²) in [5.41, 5.74) is 1.14. The van der Waals surface area contributed by atoms with E-state index in [0.29, 0.717) is 12.1 Å². The molecule has 0 fully saturated rings. The molecule has 0 radical (unpaired) electrons. The van der Waals surface area contributed by atoms with Gasteiger partial charge in [0.2, 0.25) is 0 Å². The maximum absolute atomic E-state index is 13.0. The number of amides is 1. The molecule has 0 aliphatic heterocycles. The molecule has 0 aliphatic carbocycles. The Morgan fingerprint density at radius 3 is 2.89 bits per heavy atom. The Kier molecular flexibility index (Phi) is 3.66. The van der Waals surface area contributed by atoms with Gasteiger partial charge in [0.25, 0.3) is 5.91 Å². The Bertz CT molecular complexity index is 582. The largest absolute Gasteiger partial charge is 0.346 e. The molecule has 2 aromatic rings. The van der Waals surface area contributed by atoms with Crippen molar-refractivity contribution in [2.45, 2.75) is 11.4 Å². The van der Waals surface area contributed by atoms with Crippen molar-refractivity contribution in [3.05, 3.63) is 47.5 Å². The lowest BCUT2D eigenvalue weighted by Crippen LogP contribution is -2.23. The van der Waals surface area contributed by atoms with Gasteiger partial charge >= 0.3 is 0 Å². The number of carbonyl (C=O) groups excluding carboxylic acids is 1. The van der Waals surface area contributed by atoms with Gasteiger partial charge in [0, 0.05) is 23.7 Å². The molecule has 1 amide bonds. The van der Waals surface area contributed by atoms with Crippen LogP contribution in [0.15, 0.2) is 35.4 Å². The average molecular weight is 265 g/mol. The highest BCUT2D eigenvalue weighted by Crippen LogP contribution is 2.14. The summed E-state index contributed by atoms with van der Waals surface area (Å²) >= 11 is 3.93. The van der Waals surface area contributed by atoms with Crippen molar-refractivity contribution in [3.8, 4) is 0 Å². The zero-order valence-electron chi connectivity index (χ0n) is 9.72. The third-order valence-corrected chi connectivity index (χ3v) is 2.75. The molecule has 18 heavy (non-hydrogen) atoms. The number of nitrogens with zero attached hydrogens (tertiary/aromatic N) is 2. The van der Waals surface area contributed by atoms with Crippen LogP contribution in [0.25, 0.3) is 0 Å². The third kappa shape index (κ3) is 2.89. The third-order valence-electron chi connectivity index (χ3n) is 2.41. The van der Waals surface area contributed by atoms with Crippen LogP contribution in [-0.4, -0.2) is 15.7 Å². The van der Waals surface area contributed by atoms with Crippen LogP contribution in [0.1, 0.15) is 16.1 Å². The minimum Gasteiger partial charge on any atom is -0.346 e. The second-order valence-corrected chi connectivity index (χ2v) is 4.31. The van der Waals surface area contributed by atoms with Crippen molar-refractivity contribution in [1.82, 2.24) is 15.1 Å². The highest BCUT2D eigenvalue weighted by molar-refractivity contribution is 7.80. The Hall–Kier alpha value is -1.82. The SMILES string of the molecule is Cn1ccc(CNC(=O)c2ccc(F)c(S)c2)n1. The molecule has 0 unspecified atom stereocenters. The van der Waals surface area contributed by atoms with E-state index in [9.17, 15) is 9.18 Å². The molecule has 0 atom stereocenters. The van der Waals surface area contributed by atoms with Gasteiger partial charge in [-0.2, -0.15) is 5.10 Å². The molecule has 2 rings (SSSR count). The number of carbonyl (C=O) groups is 1. The Balaban J connectivity index is 2.01. The van der Waals surface area contributed by atoms with Crippen LogP contribution in [0.2, 0.25) is 0 Å². The summed E-state index contributed by atoms with van der Waals surface area (Å²) in [6, 6.07) is 5.85. The number of aryl methyl sites for hydroxylation is 1. The molecule has 1 N–H and O–H groups in total. The van der Waals surface area contributed by atoms with Crippen molar-refractivity contribution in [2.24, 2.45) is 7.05 Å². The monoisotopic (exact) mass is 265 g/mol. The molecule has 94 valence electrons. The van der Waals surface area contributed by atoms with E-state index in [1.807, 2.05) is 6.07 Å². The summed E-state index contributed by atoms with van der Waals surface area (Å²) in [5.74, 6) is -0.726. The van der Waals surface area contributed by atoms with Gasteiger partial charge in [0.1, 0.15) is 5.82 Å². The molecule has 1 heterocycles. The van der Waals surface area contributed by atoms with Gasteiger partial charge in [-0.05, 0) is 24.3 Å². The average Bonchev–Trinajstić information content (AvgIpc) is 2.75. The van der Waals surface area contributed by atoms with Crippen molar-refractivity contribution in [2.75, 3.05) is 0 Å². The van der Waals surface area contributed by atoms with Gasteiger partial charge < -0.3 is 5.32 Å². The van der Waals surface area contributed by atoms with Gasteiger partial charge in [-0.1, -0.05) is 0 Å². The predicted octanol–water partition coefficient (Wildman–Crippen LogP) is 1.78. The van der Waals surface area contributed by atoms with E-state index in [1.54, 1.807) is 17.9 Å². The fourth-order valence-electron chi connectivity index (χ4n) is 1.48. The first-order valence-corrected chi connectivity index (χ1v) is 5.76. The normalized spacial score (nSPS) is 10.4. The summed E-state index contributed by atoms with van der Waals surface area (Å²) in [4.78, 5) is 11.9. The van der Waals surface area contributed by atoms with Crippen molar-refractivity contribution in [3.63, 3.8) is 0 Å². The maximum atomic E-state index is 13.0. The number of thiol groups is 1. The highest BCUT2D eigenvalue weighted by Gasteiger charge is 2.08. The lowest BCUT2D eigenvalue weighted by atomic mass is 10.2. The van der Waals surface area contributed by atoms with Crippen LogP contribution in [0.4, 0.5) is 4.39 Å². The van der Waals surface area contributed by atoms with Crippen LogP contribution >= 0.6 is 12.6 Å². The number of rotatable bonds is 3. The fourth-order valence-corrected chi connectivity index (χ4v) is 1.70. The zero-order valence-corrected chi connectivity index (χ0v) is 10.6. The molecule has 0 spiro atoms. The molecular weight excluding hydrogens is 253 g/mol. The summed E-state index contributed by atoms with van der Waals surface area (Å²) in [7, 11) is 1.80. The van der Waals surface area contributed by atoms with Crippen LogP contribution in [0.5, 0.6) is 0 Å². The second-order valence-electron chi connectivity index (χ2n) is 3.83. The molecule has 4 nitrogen and oxygen atoms in total. The zero-order chi connectivity index (χ0) is 13.1. The number of hydrogen-bond donors (Lipinski definition) is 2. The van der Waals surface area contributed by atoms with E-state index in [-0.39, 0.29) is 10.8 Å². The van der Waals surface area contributed by atoms with Gasteiger partial charge in [-0.3, -0.25) is 9.48 Å². The molecule has 0 saturated heterocycles. The van der Waals surface area contributed by atoms with Gasteiger partial charge in [0.05, 0.1) is 12.2 Å². The Morgan fingerprint density at radius 2 is 2.28 bits per heavy atom. The fraction of sp³-hybridized carbons (Fsp3) is 0.167. The summed E-state index contributed by atoms with van der Waals surface area (Å²) in [6.07, 6.45) is 1.80. The molecule has 0 saturated carbocycles. The lowest BCUT2D eigenvalue weighted by molar-refractivity contribution is 0.0950. The van der Waals surface area contributed by atoms with E-state index in [0.717, 1.165) is 5.69 Å². The minimum atomic E-state index is -0.445. The van der Waals surface area contributed by atoms with Crippen molar-refractivity contribution < 1.29 is 9.18 Å². The van der Waals surface area contributed by atoms with Crippen molar-refractivity contribution in [1.29, 1.82) is 0 Å². The lowest BCUT2D eigenvalue weighted by Gasteiger charge is -2.04. The second kappa shape index (κ2) is 5.22. The summed E-state index contributed by atoms with van der Waals surface area (Å²) < 4.78 is 14.7. The number of aromatic nitrogens is 2. The van der Waals surface area contributed by atoms with Gasteiger partial charge in [-0.25, -0.2) is 4.39 Å². The molecular formula is C12H12FN3OS. The number of hydrogen-bond acceptors (Lipinski definition) is 3. The topological polar surface area (TPSA) is 46.9 Å². The van der Waals surface area contributed by atoms with Gasteiger partial charge in [0.15, 0.2) is 0 Å². The highest BCUT2D eigenvalue weighted by atomic mass is 32.1. The van der Waals surface area contributed by atoms with Crippen LogP contribution in [-0.2, 0) is 13.6 Å². The first-order valence-electron chi connectivity index (χ1n) is 5.31. The first-order chi connectivity index (χ1) is 8.56. The number of nitrogens with one attached hydrogen (secondary N) is 1. The van der Waals surface area contributed by atoms with Gasteiger partial charge in [-0.15, -0.1) is 12.6 Å². The van der Waals surface area contributed by atoms with Crippen molar-refractivity contribution >= 4 is 18.5 Å². The summed E-state index contributed by atoms with van der Waals surface area (Å²) in [6.45, 7) is 0.332. The maximum Gasteiger partial charge on any atom is 0.251 e. The smallest absolute Gasteiger partial charge is 0.251 e. The molecule has 0 aliphatic rings. The summed E-state index contributed by atoms with van der Waals surface area (Å²) in [5, 5.41) is 6.84. The van der Waals surface area contributed by atoms with E-state index in [2.05, 4.69) is 23.0 Å². The molecule has 0 bridgehead atoms. The Labute approximate surface area is 109 Å². The van der Waals surface area contributed by atoms with E-state index in [1.165, 1.54) is 18.2 Å². The van der Waals surface area contributed by atoms with E-state index >= 15 is 0 Å². The predicted molar refractivity (Wildman–Crippen MR) is 68.0 cm³/mol. The first kappa shape index (κ1) is 12.6. The quantitative estimate of drug-likeness (QED) is 0.831. The molecule has 1 aromatic carbocycles. The van der Waals surface area contributed by atoms with Crippen LogP contribution in [0, 0.1) is 5.82 Å². The molecule has 6 heteroatoms. The number of halogens is 1. The molecule has 1 aromatic heterocycles. The minimum absolute atomic E-state index is 0.153.